The number of nitrogens with two attached hydrogens (primary N) is 1. The third-order valence-electron chi connectivity index (χ3n) is 2.65. The summed E-state index contributed by atoms with van der Waals surface area (Å²) in [5.74, 6) is -1.43. The molecule has 0 spiro atoms. The summed E-state index contributed by atoms with van der Waals surface area (Å²) < 4.78 is 10.3. The number of aliphatic hydroxyl groups is 3. The van der Waals surface area contributed by atoms with Gasteiger partial charge in [0.2, 0.25) is 5.79 Å². The first-order chi connectivity index (χ1) is 6.10. The Morgan fingerprint density at radius 1 is 1.46 bits per heavy atom. The molecule has 0 aromatic heterocycles. The number of ether oxygens (including phenoxy) is 2. The third-order valence-corrected chi connectivity index (χ3v) is 2.65. The van der Waals surface area contributed by atoms with E-state index in [2.05, 4.69) is 0 Å². The molecule has 6 nitrogen and oxygen atoms in total. The number of rotatable bonds is 1. The molecular formula is C7H13NO5. The Morgan fingerprint density at radius 3 is 2.77 bits per heavy atom. The lowest BCUT2D eigenvalue weighted by Crippen LogP contribution is -2.65. The van der Waals surface area contributed by atoms with Crippen LogP contribution in [0.3, 0.4) is 0 Å². The molecule has 0 aliphatic carbocycles. The largest absolute Gasteiger partial charge is 0.391 e. The van der Waals surface area contributed by atoms with E-state index in [0.29, 0.717) is 0 Å². The summed E-state index contributed by atoms with van der Waals surface area (Å²) in [6.45, 7) is -0.322. The second-order valence-corrected chi connectivity index (χ2v) is 3.45. The van der Waals surface area contributed by atoms with Crippen molar-refractivity contribution in [3.8, 4) is 0 Å². The minimum atomic E-state index is -1.43. The number of hydrogen-bond donors (Lipinski definition) is 4. The number of fused-ring (bicyclic) bond motifs is 2. The first-order valence-electron chi connectivity index (χ1n) is 4.15. The Bertz CT molecular complexity index is 213. The van der Waals surface area contributed by atoms with E-state index in [1.807, 2.05) is 0 Å². The molecule has 0 radical (unpaired) electrons. The van der Waals surface area contributed by atoms with Crippen molar-refractivity contribution in [1.82, 2.24) is 0 Å². The molecule has 2 heterocycles. The number of hydrogen-bond acceptors (Lipinski definition) is 6. The lowest BCUT2D eigenvalue weighted by molar-refractivity contribution is -0.282. The molecule has 5 unspecified atom stereocenters. The fourth-order valence-corrected chi connectivity index (χ4v) is 1.78. The van der Waals surface area contributed by atoms with Crippen LogP contribution in [-0.4, -0.2) is 58.7 Å². The fourth-order valence-electron chi connectivity index (χ4n) is 1.78. The van der Waals surface area contributed by atoms with Gasteiger partial charge >= 0.3 is 0 Å². The maximum atomic E-state index is 9.59. The van der Waals surface area contributed by atoms with Crippen molar-refractivity contribution < 1.29 is 24.8 Å². The highest BCUT2D eigenvalue weighted by Gasteiger charge is 2.58. The minimum absolute atomic E-state index is 0.145. The molecule has 5 atom stereocenters. The van der Waals surface area contributed by atoms with Crippen LogP contribution < -0.4 is 5.73 Å². The molecule has 76 valence electrons. The van der Waals surface area contributed by atoms with Gasteiger partial charge in [0, 0.05) is 0 Å². The van der Waals surface area contributed by atoms with Crippen LogP contribution in [0.4, 0.5) is 0 Å². The Hall–Kier alpha value is -0.240. The van der Waals surface area contributed by atoms with E-state index in [1.54, 1.807) is 0 Å². The molecule has 2 fully saturated rings. The van der Waals surface area contributed by atoms with Gasteiger partial charge in [-0.2, -0.15) is 0 Å². The highest BCUT2D eigenvalue weighted by atomic mass is 16.8. The van der Waals surface area contributed by atoms with Gasteiger partial charge in [0.15, 0.2) is 0 Å². The van der Waals surface area contributed by atoms with Gasteiger partial charge in [-0.1, -0.05) is 0 Å². The number of aliphatic hydroxyl groups excluding tert-OH is 3. The van der Waals surface area contributed by atoms with E-state index in [1.165, 1.54) is 0 Å². The highest BCUT2D eigenvalue weighted by Crippen LogP contribution is 2.35. The lowest BCUT2D eigenvalue weighted by atomic mass is 9.93. The molecular weight excluding hydrogens is 178 g/mol. The Labute approximate surface area is 74.9 Å². The van der Waals surface area contributed by atoms with Crippen LogP contribution in [0.15, 0.2) is 0 Å². The summed E-state index contributed by atoms with van der Waals surface area (Å²) in [6, 6.07) is -0.839. The summed E-state index contributed by atoms with van der Waals surface area (Å²) in [4.78, 5) is 0. The van der Waals surface area contributed by atoms with Gasteiger partial charge in [-0.3, -0.25) is 0 Å². The van der Waals surface area contributed by atoms with Crippen LogP contribution in [0.25, 0.3) is 0 Å². The predicted molar refractivity (Wildman–Crippen MR) is 40.6 cm³/mol. The zero-order valence-electron chi connectivity index (χ0n) is 6.96. The van der Waals surface area contributed by atoms with Crippen molar-refractivity contribution in [3.05, 3.63) is 0 Å². The van der Waals surface area contributed by atoms with Crippen LogP contribution in [0, 0.1) is 0 Å². The Morgan fingerprint density at radius 2 is 2.15 bits per heavy atom. The molecule has 6 heteroatoms. The Balaban J connectivity index is 2.25. The van der Waals surface area contributed by atoms with Crippen molar-refractivity contribution in [3.63, 3.8) is 0 Å². The highest BCUT2D eigenvalue weighted by molar-refractivity contribution is 5.02. The first-order valence-corrected chi connectivity index (χ1v) is 4.15. The second kappa shape index (κ2) is 2.88. The standard InChI is InChI=1S/C7H13NO5/c8-4-5(10)3-1-12-7(2-9,13-3)6(4)11/h3-6,9-11H,1-2,8H2. The lowest BCUT2D eigenvalue weighted by Gasteiger charge is -2.40. The zero-order valence-corrected chi connectivity index (χ0v) is 6.96. The molecule has 2 saturated heterocycles. The molecule has 0 amide bonds. The van der Waals surface area contributed by atoms with E-state index in [-0.39, 0.29) is 6.61 Å². The van der Waals surface area contributed by atoms with Crippen molar-refractivity contribution in [2.75, 3.05) is 13.2 Å². The molecule has 0 aromatic carbocycles. The smallest absolute Gasteiger partial charge is 0.220 e. The van der Waals surface area contributed by atoms with Gasteiger partial charge in [-0.15, -0.1) is 0 Å². The van der Waals surface area contributed by atoms with Crippen molar-refractivity contribution >= 4 is 0 Å². The predicted octanol–water partition coefficient (Wildman–Crippen LogP) is -2.85. The maximum absolute atomic E-state index is 9.59. The van der Waals surface area contributed by atoms with Crippen LogP contribution >= 0.6 is 0 Å². The van der Waals surface area contributed by atoms with Crippen molar-refractivity contribution in [2.24, 2.45) is 5.73 Å². The summed E-state index contributed by atoms with van der Waals surface area (Å²) in [5, 5.41) is 28.1. The maximum Gasteiger partial charge on any atom is 0.220 e. The summed E-state index contributed by atoms with van der Waals surface area (Å²) in [5.41, 5.74) is 5.53. The third kappa shape index (κ3) is 1.11. The van der Waals surface area contributed by atoms with Crippen molar-refractivity contribution in [1.29, 1.82) is 0 Å². The van der Waals surface area contributed by atoms with E-state index in [9.17, 15) is 10.2 Å². The first kappa shape index (κ1) is 9.32. The molecule has 2 rings (SSSR count). The van der Waals surface area contributed by atoms with Gasteiger partial charge in [-0.05, 0) is 0 Å². The average molecular weight is 191 g/mol. The normalized spacial score (nSPS) is 55.4. The van der Waals surface area contributed by atoms with Crippen LogP contribution in [0.2, 0.25) is 0 Å². The fraction of sp³-hybridized carbons (Fsp3) is 1.00. The van der Waals surface area contributed by atoms with Gasteiger partial charge < -0.3 is 30.5 Å². The van der Waals surface area contributed by atoms with E-state index < -0.39 is 36.7 Å². The second-order valence-electron chi connectivity index (χ2n) is 3.45. The van der Waals surface area contributed by atoms with E-state index in [0.717, 1.165) is 0 Å². The van der Waals surface area contributed by atoms with Gasteiger partial charge in [0.25, 0.3) is 0 Å². The van der Waals surface area contributed by atoms with E-state index >= 15 is 0 Å². The van der Waals surface area contributed by atoms with Gasteiger partial charge in [0.05, 0.1) is 19.3 Å². The van der Waals surface area contributed by atoms with Crippen LogP contribution in [0.5, 0.6) is 0 Å². The monoisotopic (exact) mass is 191 g/mol. The zero-order chi connectivity index (χ0) is 9.64. The summed E-state index contributed by atoms with van der Waals surface area (Å²) >= 11 is 0. The molecule has 2 aliphatic heterocycles. The van der Waals surface area contributed by atoms with Crippen LogP contribution in [-0.2, 0) is 9.47 Å². The van der Waals surface area contributed by atoms with Crippen LogP contribution in [0.1, 0.15) is 0 Å². The molecule has 2 aliphatic rings. The van der Waals surface area contributed by atoms with Crippen molar-refractivity contribution in [2.45, 2.75) is 30.1 Å². The summed E-state index contributed by atoms with van der Waals surface area (Å²) in [7, 11) is 0. The quantitative estimate of drug-likeness (QED) is 0.355. The molecule has 2 bridgehead atoms. The van der Waals surface area contributed by atoms with Gasteiger partial charge in [-0.25, -0.2) is 0 Å². The van der Waals surface area contributed by atoms with E-state index in [4.69, 9.17) is 20.3 Å². The average Bonchev–Trinajstić information content (AvgIpc) is 2.55. The summed E-state index contributed by atoms with van der Waals surface area (Å²) in [6.07, 6.45) is -2.70. The molecule has 13 heavy (non-hydrogen) atoms. The topological polar surface area (TPSA) is 105 Å². The Kier molecular flexibility index (Phi) is 2.06. The molecule has 0 saturated carbocycles. The SMILES string of the molecule is NC1C(O)C2COC(CO)(O2)C1O. The molecule has 0 aromatic rings. The van der Waals surface area contributed by atoms with Gasteiger partial charge in [0.1, 0.15) is 18.3 Å². The minimum Gasteiger partial charge on any atom is -0.391 e. The molecule has 5 N–H and O–H groups in total.